The van der Waals surface area contributed by atoms with Crippen LogP contribution in [0, 0.1) is 0 Å². The number of carbonyl (C=O) groups excluding carboxylic acids is 2. The molecule has 174 valence electrons. The zero-order valence-electron chi connectivity index (χ0n) is 18.4. The van der Waals surface area contributed by atoms with Crippen LogP contribution in [0.5, 0.6) is 5.75 Å². The molecule has 0 aromatic heterocycles. The molecule has 2 rings (SSSR count). The van der Waals surface area contributed by atoms with Crippen LogP contribution < -0.4 is 4.74 Å². The van der Waals surface area contributed by atoms with Gasteiger partial charge in [-0.15, -0.1) is 13.2 Å². The second-order valence-electron chi connectivity index (χ2n) is 8.08. The van der Waals surface area contributed by atoms with Crippen LogP contribution in [0.3, 0.4) is 0 Å². The number of methoxy groups -OCH3 is 1. The molecule has 0 saturated heterocycles. The summed E-state index contributed by atoms with van der Waals surface area (Å²) in [4.78, 5) is 26.3. The first-order chi connectivity index (χ1) is 14.9. The van der Waals surface area contributed by atoms with Crippen LogP contribution in [-0.2, 0) is 27.4 Å². The highest BCUT2D eigenvalue weighted by Crippen LogP contribution is 2.27. The second kappa shape index (κ2) is 10.5. The molecule has 6 nitrogen and oxygen atoms in total. The molecule has 32 heavy (non-hydrogen) atoms. The molecule has 2 aromatic rings. The summed E-state index contributed by atoms with van der Waals surface area (Å²) in [6.07, 6.45) is -4.88. The van der Waals surface area contributed by atoms with Crippen LogP contribution >= 0.6 is 0 Å². The van der Waals surface area contributed by atoms with Crippen LogP contribution in [0.15, 0.2) is 48.5 Å². The van der Waals surface area contributed by atoms with E-state index in [4.69, 9.17) is 9.47 Å². The van der Waals surface area contributed by atoms with Crippen molar-refractivity contribution in [3.8, 4) is 5.75 Å². The Balaban J connectivity index is 2.36. The predicted molar refractivity (Wildman–Crippen MR) is 111 cm³/mol. The summed E-state index contributed by atoms with van der Waals surface area (Å²) in [5.41, 5.74) is 0.466. The molecule has 0 N–H and O–H groups in total. The summed E-state index contributed by atoms with van der Waals surface area (Å²) in [7, 11) is 1.18. The fraction of sp³-hybridized carbons (Fsp3) is 0.391. The maximum atomic E-state index is 12.7. The van der Waals surface area contributed by atoms with Crippen molar-refractivity contribution in [2.75, 3.05) is 13.7 Å². The van der Waals surface area contributed by atoms with E-state index >= 15 is 0 Å². The molecule has 0 unspecified atom stereocenters. The first-order valence-electron chi connectivity index (χ1n) is 9.81. The van der Waals surface area contributed by atoms with Gasteiger partial charge in [-0.1, -0.05) is 30.3 Å². The van der Waals surface area contributed by atoms with Crippen molar-refractivity contribution in [1.82, 2.24) is 4.90 Å². The summed E-state index contributed by atoms with van der Waals surface area (Å²) in [5.74, 6) is -1.69. The van der Waals surface area contributed by atoms with Gasteiger partial charge in [0.25, 0.3) is 0 Å². The molecule has 9 heteroatoms. The van der Waals surface area contributed by atoms with Gasteiger partial charge in [0.05, 0.1) is 19.2 Å². The van der Waals surface area contributed by atoms with E-state index in [2.05, 4.69) is 4.74 Å². The monoisotopic (exact) mass is 453 g/mol. The van der Waals surface area contributed by atoms with Gasteiger partial charge in [0.1, 0.15) is 11.4 Å². The van der Waals surface area contributed by atoms with Crippen molar-refractivity contribution in [2.45, 2.75) is 45.8 Å². The molecule has 0 fully saturated rings. The van der Waals surface area contributed by atoms with Crippen LogP contribution in [0.4, 0.5) is 13.2 Å². The van der Waals surface area contributed by atoms with Gasteiger partial charge in [-0.3, -0.25) is 9.69 Å². The molecule has 2 aromatic carbocycles. The maximum Gasteiger partial charge on any atom is 0.573 e. The zero-order valence-corrected chi connectivity index (χ0v) is 18.4. The summed E-state index contributed by atoms with van der Waals surface area (Å²) < 4.78 is 52.2. The lowest BCUT2D eigenvalue weighted by molar-refractivity contribution is -0.274. The van der Waals surface area contributed by atoms with Crippen LogP contribution in [0.1, 0.15) is 42.3 Å². The van der Waals surface area contributed by atoms with Gasteiger partial charge in [-0.2, -0.15) is 0 Å². The van der Waals surface area contributed by atoms with E-state index in [9.17, 15) is 22.8 Å². The Morgan fingerprint density at radius 3 is 2.19 bits per heavy atom. The van der Waals surface area contributed by atoms with Gasteiger partial charge < -0.3 is 14.2 Å². The number of esters is 2. The number of alkyl halides is 3. The van der Waals surface area contributed by atoms with E-state index in [-0.39, 0.29) is 24.2 Å². The van der Waals surface area contributed by atoms with E-state index in [1.807, 2.05) is 30.3 Å². The van der Waals surface area contributed by atoms with E-state index in [1.54, 1.807) is 25.7 Å². The minimum atomic E-state index is -4.88. The lowest BCUT2D eigenvalue weighted by atomic mass is 10.1. The van der Waals surface area contributed by atoms with Gasteiger partial charge >= 0.3 is 18.3 Å². The van der Waals surface area contributed by atoms with Crippen molar-refractivity contribution in [3.05, 3.63) is 65.2 Å². The van der Waals surface area contributed by atoms with Gasteiger partial charge in [0.2, 0.25) is 0 Å². The number of benzene rings is 2. The fourth-order valence-electron chi connectivity index (χ4n) is 3.01. The third kappa shape index (κ3) is 8.58. The highest BCUT2D eigenvalue weighted by Gasteiger charge is 2.31. The van der Waals surface area contributed by atoms with Gasteiger partial charge in [0.15, 0.2) is 0 Å². The number of nitrogens with zero attached hydrogens (tertiary/aromatic N) is 1. The normalized spacial score (nSPS) is 11.9. The highest BCUT2D eigenvalue weighted by molar-refractivity contribution is 5.91. The Morgan fingerprint density at radius 1 is 0.969 bits per heavy atom. The standard InChI is InChI=1S/C23H26F3NO5/c1-22(2,3)32-20(28)15-27(13-16-8-6-5-7-9-16)14-17-12-18(31-23(24,25)26)10-11-19(17)21(29)30-4/h5-12H,13-15H2,1-4H3. The zero-order chi connectivity index (χ0) is 23.9. The first-order valence-corrected chi connectivity index (χ1v) is 9.81. The molecule has 0 atom stereocenters. The Bertz CT molecular complexity index is 923. The van der Waals surface area contributed by atoms with Crippen LogP contribution in [0.25, 0.3) is 0 Å². The molecule has 0 saturated carbocycles. The molecule has 0 spiro atoms. The molecular formula is C23H26F3NO5. The minimum absolute atomic E-state index is 0.0202. The summed E-state index contributed by atoms with van der Waals surface area (Å²) in [6, 6.07) is 12.6. The quantitative estimate of drug-likeness (QED) is 0.539. The Kier molecular flexibility index (Phi) is 8.26. The Morgan fingerprint density at radius 2 is 1.62 bits per heavy atom. The maximum absolute atomic E-state index is 12.7. The highest BCUT2D eigenvalue weighted by atomic mass is 19.4. The third-order valence-corrected chi connectivity index (χ3v) is 4.13. The smallest absolute Gasteiger partial charge is 0.465 e. The average Bonchev–Trinajstić information content (AvgIpc) is 2.65. The molecule has 0 bridgehead atoms. The lowest BCUT2D eigenvalue weighted by Crippen LogP contribution is -2.34. The molecule has 0 aliphatic carbocycles. The summed E-state index contributed by atoms with van der Waals surface area (Å²) in [6.45, 7) is 5.34. The van der Waals surface area contributed by atoms with E-state index in [0.29, 0.717) is 6.54 Å². The number of halogens is 3. The van der Waals surface area contributed by atoms with Crippen molar-refractivity contribution in [2.24, 2.45) is 0 Å². The molecular weight excluding hydrogens is 427 g/mol. The molecule has 0 amide bonds. The molecule has 0 heterocycles. The van der Waals surface area contributed by atoms with E-state index in [1.165, 1.54) is 13.2 Å². The van der Waals surface area contributed by atoms with E-state index in [0.717, 1.165) is 17.7 Å². The van der Waals surface area contributed by atoms with Crippen LogP contribution in [-0.4, -0.2) is 42.5 Å². The molecule has 0 aliphatic heterocycles. The number of ether oxygens (including phenoxy) is 3. The molecule has 0 aliphatic rings. The fourth-order valence-corrected chi connectivity index (χ4v) is 3.01. The minimum Gasteiger partial charge on any atom is -0.465 e. The summed E-state index contributed by atoms with van der Waals surface area (Å²) in [5, 5.41) is 0. The topological polar surface area (TPSA) is 65.1 Å². The van der Waals surface area contributed by atoms with Gasteiger partial charge in [-0.05, 0) is 50.1 Å². The van der Waals surface area contributed by atoms with Crippen molar-refractivity contribution >= 4 is 11.9 Å². The van der Waals surface area contributed by atoms with E-state index < -0.39 is 29.7 Å². The Labute approximate surface area is 184 Å². The second-order valence-corrected chi connectivity index (χ2v) is 8.08. The summed E-state index contributed by atoms with van der Waals surface area (Å²) >= 11 is 0. The molecule has 0 radical (unpaired) electrons. The Hall–Kier alpha value is -3.07. The van der Waals surface area contributed by atoms with Gasteiger partial charge in [0, 0.05) is 13.1 Å². The third-order valence-electron chi connectivity index (χ3n) is 4.13. The number of hydrogen-bond acceptors (Lipinski definition) is 6. The van der Waals surface area contributed by atoms with Gasteiger partial charge in [-0.25, -0.2) is 4.79 Å². The first kappa shape index (κ1) is 25.2. The lowest BCUT2D eigenvalue weighted by Gasteiger charge is -2.26. The van der Waals surface area contributed by atoms with Crippen LogP contribution in [0.2, 0.25) is 0 Å². The number of hydrogen-bond donors (Lipinski definition) is 0. The number of rotatable bonds is 8. The van der Waals surface area contributed by atoms with Crippen molar-refractivity contribution < 1.29 is 37.0 Å². The average molecular weight is 453 g/mol. The van der Waals surface area contributed by atoms with Crippen molar-refractivity contribution in [1.29, 1.82) is 0 Å². The number of carbonyl (C=O) groups is 2. The largest absolute Gasteiger partial charge is 0.573 e. The SMILES string of the molecule is COC(=O)c1ccc(OC(F)(F)F)cc1CN(CC(=O)OC(C)(C)C)Cc1ccccc1. The van der Waals surface area contributed by atoms with Crippen molar-refractivity contribution in [3.63, 3.8) is 0 Å². The predicted octanol–water partition coefficient (Wildman–Crippen LogP) is 4.72.